The molecule has 0 unspecified atom stereocenters. The van der Waals surface area contributed by atoms with Crippen LogP contribution in [-0.2, 0) is 9.53 Å². The van der Waals surface area contributed by atoms with E-state index in [-0.39, 0.29) is 17.9 Å². The minimum absolute atomic E-state index is 0.181. The Balaban J connectivity index is 2.04. The Hall–Kier alpha value is -0.570. The Morgan fingerprint density at radius 2 is 1.94 bits per heavy atom. The van der Waals surface area contributed by atoms with Crippen LogP contribution in [0.2, 0.25) is 0 Å². The number of carbonyl (C=O) groups is 1. The number of nitrogens with one attached hydrogen (secondary N) is 1. The number of amides is 1. The first-order chi connectivity index (χ1) is 8.28. The van der Waals surface area contributed by atoms with Crippen LogP contribution in [0.1, 0.15) is 60.3 Å². The molecule has 0 saturated heterocycles. The van der Waals surface area contributed by atoms with Gasteiger partial charge in [0, 0.05) is 18.6 Å². The first kappa shape index (κ1) is 15.5. The molecule has 1 saturated carbocycles. The Bertz CT molecular complexity index is 262. The fourth-order valence-electron chi connectivity index (χ4n) is 2.17. The van der Waals surface area contributed by atoms with Crippen molar-refractivity contribution in [3.05, 3.63) is 0 Å². The highest BCUT2D eigenvalue weighted by atomic mass is 16.5. The third-order valence-electron chi connectivity index (χ3n) is 3.32. The van der Waals surface area contributed by atoms with E-state index >= 15 is 0 Å². The first-order valence-electron chi connectivity index (χ1n) is 7.20. The predicted molar refractivity (Wildman–Crippen MR) is 74.4 cm³/mol. The summed E-state index contributed by atoms with van der Waals surface area (Å²) in [5.74, 6) is 0.375. The lowest BCUT2D eigenvalue weighted by Crippen LogP contribution is -2.44. The quantitative estimate of drug-likeness (QED) is 0.741. The minimum Gasteiger partial charge on any atom is -0.378 e. The van der Waals surface area contributed by atoms with Crippen LogP contribution in [0, 0.1) is 11.3 Å². The highest BCUT2D eigenvalue weighted by molar-refractivity contribution is 5.79. The maximum absolute atomic E-state index is 11.7. The Labute approximate surface area is 112 Å². The molecule has 106 valence electrons. The van der Waals surface area contributed by atoms with Gasteiger partial charge in [-0.2, -0.15) is 0 Å². The average molecular weight is 255 g/mol. The molecule has 1 amide bonds. The second-order valence-electron chi connectivity index (χ2n) is 6.99. The zero-order chi connectivity index (χ0) is 13.8. The van der Waals surface area contributed by atoms with Gasteiger partial charge in [0.15, 0.2) is 0 Å². The molecule has 0 atom stereocenters. The highest BCUT2D eigenvalue weighted by Crippen LogP contribution is 2.31. The lowest BCUT2D eigenvalue weighted by atomic mass is 9.81. The number of ether oxygens (including phenoxy) is 1. The van der Waals surface area contributed by atoms with E-state index < -0.39 is 0 Å². The molecular weight excluding hydrogens is 226 g/mol. The summed E-state index contributed by atoms with van der Waals surface area (Å²) in [5, 5.41) is 2.96. The zero-order valence-electron chi connectivity index (χ0n) is 12.6. The summed E-state index contributed by atoms with van der Waals surface area (Å²) in [4.78, 5) is 11.7. The molecule has 1 rings (SSSR count). The summed E-state index contributed by atoms with van der Waals surface area (Å²) in [7, 11) is 0. The van der Waals surface area contributed by atoms with Gasteiger partial charge in [0.1, 0.15) is 0 Å². The van der Waals surface area contributed by atoms with Crippen LogP contribution in [0.3, 0.4) is 0 Å². The summed E-state index contributed by atoms with van der Waals surface area (Å²) in [6, 6.07) is 0.240. The van der Waals surface area contributed by atoms with Gasteiger partial charge in [-0.15, -0.1) is 0 Å². The van der Waals surface area contributed by atoms with Crippen molar-refractivity contribution in [1.82, 2.24) is 5.32 Å². The number of hydrogen-bond donors (Lipinski definition) is 1. The monoisotopic (exact) mass is 255 g/mol. The average Bonchev–Trinajstić information content (AvgIpc) is 2.10. The molecule has 1 aliphatic carbocycles. The van der Waals surface area contributed by atoms with Crippen molar-refractivity contribution in [1.29, 1.82) is 0 Å². The fraction of sp³-hybridized carbons (Fsp3) is 0.933. The lowest BCUT2D eigenvalue weighted by Gasteiger charge is -2.34. The van der Waals surface area contributed by atoms with E-state index in [9.17, 15) is 4.79 Å². The van der Waals surface area contributed by atoms with E-state index in [1.54, 1.807) is 0 Å². The maximum Gasteiger partial charge on any atom is 0.223 e. The SMILES string of the molecule is CC(C)NC(=O)[C@H]1C[C@@H](OCCCC(C)(C)C)C1. The minimum atomic E-state index is 0.181. The molecule has 0 aliphatic heterocycles. The van der Waals surface area contributed by atoms with Gasteiger partial charge in [-0.05, 0) is 44.9 Å². The van der Waals surface area contributed by atoms with Gasteiger partial charge in [-0.25, -0.2) is 0 Å². The molecule has 0 radical (unpaired) electrons. The zero-order valence-corrected chi connectivity index (χ0v) is 12.6. The summed E-state index contributed by atoms with van der Waals surface area (Å²) in [5.41, 5.74) is 0.392. The van der Waals surface area contributed by atoms with Crippen LogP contribution in [0.5, 0.6) is 0 Å². The summed E-state index contributed by atoms with van der Waals surface area (Å²) < 4.78 is 5.78. The summed E-state index contributed by atoms with van der Waals surface area (Å²) in [6.45, 7) is 11.6. The predicted octanol–water partition coefficient (Wildman–Crippen LogP) is 3.13. The fourth-order valence-corrected chi connectivity index (χ4v) is 2.17. The molecule has 0 bridgehead atoms. The maximum atomic E-state index is 11.7. The van der Waals surface area contributed by atoms with Gasteiger partial charge in [0.25, 0.3) is 0 Å². The van der Waals surface area contributed by atoms with Crippen molar-refractivity contribution < 1.29 is 9.53 Å². The van der Waals surface area contributed by atoms with Crippen LogP contribution >= 0.6 is 0 Å². The molecule has 1 fully saturated rings. The van der Waals surface area contributed by atoms with Crippen molar-refractivity contribution in [2.45, 2.75) is 72.4 Å². The first-order valence-corrected chi connectivity index (χ1v) is 7.20. The van der Waals surface area contributed by atoms with Crippen molar-refractivity contribution in [3.63, 3.8) is 0 Å². The van der Waals surface area contributed by atoms with Crippen LogP contribution < -0.4 is 5.32 Å². The van der Waals surface area contributed by atoms with Crippen molar-refractivity contribution >= 4 is 5.91 Å². The molecule has 3 heteroatoms. The van der Waals surface area contributed by atoms with Crippen LogP contribution in [0.25, 0.3) is 0 Å². The Morgan fingerprint density at radius 1 is 1.33 bits per heavy atom. The van der Waals surface area contributed by atoms with Crippen LogP contribution in [0.15, 0.2) is 0 Å². The van der Waals surface area contributed by atoms with Gasteiger partial charge in [0.2, 0.25) is 5.91 Å². The molecule has 3 nitrogen and oxygen atoms in total. The van der Waals surface area contributed by atoms with Gasteiger partial charge < -0.3 is 10.1 Å². The van der Waals surface area contributed by atoms with Gasteiger partial charge in [-0.1, -0.05) is 20.8 Å². The van der Waals surface area contributed by atoms with E-state index in [0.29, 0.717) is 11.5 Å². The second kappa shape index (κ2) is 6.55. The van der Waals surface area contributed by atoms with Crippen LogP contribution in [0.4, 0.5) is 0 Å². The molecule has 0 aromatic rings. The molecule has 0 aromatic heterocycles. The molecular formula is C15H29NO2. The van der Waals surface area contributed by atoms with E-state index in [1.807, 2.05) is 13.8 Å². The topological polar surface area (TPSA) is 38.3 Å². The smallest absolute Gasteiger partial charge is 0.223 e. The molecule has 0 heterocycles. The van der Waals surface area contributed by atoms with Crippen molar-refractivity contribution in [2.24, 2.45) is 11.3 Å². The van der Waals surface area contributed by atoms with E-state index in [1.165, 1.54) is 6.42 Å². The number of hydrogen-bond acceptors (Lipinski definition) is 2. The third kappa shape index (κ3) is 5.85. The molecule has 0 aromatic carbocycles. The Morgan fingerprint density at radius 3 is 2.44 bits per heavy atom. The van der Waals surface area contributed by atoms with Crippen LogP contribution in [-0.4, -0.2) is 24.7 Å². The molecule has 0 spiro atoms. The largest absolute Gasteiger partial charge is 0.378 e. The molecule has 1 aliphatic rings. The summed E-state index contributed by atoms with van der Waals surface area (Å²) in [6.07, 6.45) is 4.41. The standard InChI is InChI=1S/C15H29NO2/c1-11(2)16-14(17)12-9-13(10-12)18-8-6-7-15(3,4)5/h11-13H,6-10H2,1-5H3,(H,16,17)/t12-,13+. The van der Waals surface area contributed by atoms with Crippen molar-refractivity contribution in [3.8, 4) is 0 Å². The lowest BCUT2D eigenvalue weighted by molar-refractivity contribution is -0.134. The number of carbonyl (C=O) groups excluding carboxylic acids is 1. The van der Waals surface area contributed by atoms with E-state index in [2.05, 4.69) is 26.1 Å². The molecule has 1 N–H and O–H groups in total. The third-order valence-corrected chi connectivity index (χ3v) is 3.32. The normalized spacial score (nSPS) is 23.9. The van der Waals surface area contributed by atoms with Gasteiger partial charge in [-0.3, -0.25) is 4.79 Å². The molecule has 18 heavy (non-hydrogen) atoms. The Kier molecular flexibility index (Phi) is 5.64. The van der Waals surface area contributed by atoms with Crippen molar-refractivity contribution in [2.75, 3.05) is 6.61 Å². The summed E-state index contributed by atoms with van der Waals surface area (Å²) >= 11 is 0. The highest BCUT2D eigenvalue weighted by Gasteiger charge is 2.35. The van der Waals surface area contributed by atoms with E-state index in [0.717, 1.165) is 25.9 Å². The van der Waals surface area contributed by atoms with Gasteiger partial charge in [0.05, 0.1) is 6.10 Å². The second-order valence-corrected chi connectivity index (χ2v) is 6.99. The van der Waals surface area contributed by atoms with E-state index in [4.69, 9.17) is 4.74 Å². The number of rotatable bonds is 6. The van der Waals surface area contributed by atoms with Gasteiger partial charge >= 0.3 is 0 Å².